The number of alkyl halides is 3. The molecule has 0 aliphatic carbocycles. The van der Waals surface area contributed by atoms with Gasteiger partial charge in [0.2, 0.25) is 0 Å². The van der Waals surface area contributed by atoms with Gasteiger partial charge in [-0.3, -0.25) is 14.6 Å². The Labute approximate surface area is 202 Å². The molecule has 36 heavy (non-hydrogen) atoms. The number of nitrogens with zero attached hydrogens (tertiary/aromatic N) is 3. The van der Waals surface area contributed by atoms with E-state index in [1.54, 1.807) is 6.07 Å². The average molecular weight is 522 g/mol. The van der Waals surface area contributed by atoms with Crippen molar-refractivity contribution in [2.24, 2.45) is 0 Å². The van der Waals surface area contributed by atoms with Crippen molar-refractivity contribution in [1.82, 2.24) is 9.88 Å². The Kier molecular flexibility index (Phi) is 6.30. The third-order valence-electron chi connectivity index (χ3n) is 5.44. The number of hydrogen-bond acceptors (Lipinski definition) is 7. The van der Waals surface area contributed by atoms with Crippen molar-refractivity contribution in [2.45, 2.75) is 29.9 Å². The Morgan fingerprint density at radius 2 is 1.83 bits per heavy atom. The molecular weight excluding hydrogens is 505 g/mol. The Morgan fingerprint density at radius 1 is 1.14 bits per heavy atom. The summed E-state index contributed by atoms with van der Waals surface area (Å²) in [5.41, 5.74) is -4.87. The van der Waals surface area contributed by atoms with Crippen LogP contribution in [0.2, 0.25) is 0 Å². The fourth-order valence-corrected chi connectivity index (χ4v) is 4.27. The molecule has 1 aliphatic rings. The highest BCUT2D eigenvalue weighted by Crippen LogP contribution is 2.33. The van der Waals surface area contributed by atoms with Gasteiger partial charge in [0.15, 0.2) is 5.76 Å². The van der Waals surface area contributed by atoms with Crippen LogP contribution in [0.15, 0.2) is 70.4 Å². The zero-order valence-electron chi connectivity index (χ0n) is 18.4. The lowest BCUT2D eigenvalue weighted by Gasteiger charge is -2.21. The normalized spacial score (nSPS) is 16.5. The van der Waals surface area contributed by atoms with Gasteiger partial charge in [-0.25, -0.2) is 18.1 Å². The van der Waals surface area contributed by atoms with Crippen LogP contribution in [0.3, 0.4) is 0 Å². The molecule has 2 aromatic heterocycles. The fourth-order valence-electron chi connectivity index (χ4n) is 3.51. The highest BCUT2D eigenvalue weighted by atomic mass is 32.2. The number of amides is 4. The second kappa shape index (κ2) is 9.11. The van der Waals surface area contributed by atoms with Crippen molar-refractivity contribution >= 4 is 39.1 Å². The van der Waals surface area contributed by atoms with Crippen molar-refractivity contribution in [3.05, 3.63) is 72.4 Å². The van der Waals surface area contributed by atoms with E-state index in [0.29, 0.717) is 17.7 Å². The summed E-state index contributed by atoms with van der Waals surface area (Å²) >= 11 is 0. The van der Waals surface area contributed by atoms with Crippen molar-refractivity contribution in [3.63, 3.8) is 0 Å². The van der Waals surface area contributed by atoms with Gasteiger partial charge in [-0.2, -0.15) is 13.2 Å². The number of hydrogen-bond donors (Lipinski definition) is 1. The quantitative estimate of drug-likeness (QED) is 0.490. The monoisotopic (exact) mass is 522 g/mol. The molecule has 0 spiro atoms. The maximum Gasteiger partial charge on any atom is 0.501 e. The van der Waals surface area contributed by atoms with E-state index in [1.165, 1.54) is 42.6 Å². The van der Waals surface area contributed by atoms with Crippen LogP contribution in [0.4, 0.5) is 29.3 Å². The third-order valence-corrected chi connectivity index (χ3v) is 6.94. The molecule has 1 atom stereocenters. The number of carbonyl (C=O) groups excluding carboxylic acids is 3. The molecule has 1 saturated heterocycles. The lowest BCUT2D eigenvalue weighted by Crippen LogP contribution is -2.33. The number of nitrogens with one attached hydrogen (secondary N) is 1. The number of benzene rings is 1. The van der Waals surface area contributed by atoms with Gasteiger partial charge < -0.3 is 14.6 Å². The van der Waals surface area contributed by atoms with Gasteiger partial charge in [0, 0.05) is 6.20 Å². The minimum atomic E-state index is -5.58. The van der Waals surface area contributed by atoms with Gasteiger partial charge in [0.1, 0.15) is 6.04 Å². The summed E-state index contributed by atoms with van der Waals surface area (Å²) in [7, 11) is -5.58. The van der Waals surface area contributed by atoms with Crippen LogP contribution < -0.4 is 10.2 Å². The third kappa shape index (κ3) is 4.42. The number of anilines is 2. The number of furan rings is 1. The largest absolute Gasteiger partial charge is 0.501 e. The number of urea groups is 1. The zero-order valence-corrected chi connectivity index (χ0v) is 19.2. The number of halogens is 3. The lowest BCUT2D eigenvalue weighted by atomic mass is 10.2. The summed E-state index contributed by atoms with van der Waals surface area (Å²) in [5.74, 6) is -1.17. The summed E-state index contributed by atoms with van der Waals surface area (Å²) in [6.45, 7) is 1.35. The molecule has 3 heterocycles. The highest BCUT2D eigenvalue weighted by Gasteiger charge is 2.47. The lowest BCUT2D eigenvalue weighted by molar-refractivity contribution is -0.119. The summed E-state index contributed by atoms with van der Waals surface area (Å²) in [5, 5.41) is 2.62. The number of aromatic nitrogens is 1. The molecule has 14 heteroatoms. The van der Waals surface area contributed by atoms with Gasteiger partial charge in [0.25, 0.3) is 21.7 Å². The Bertz CT molecular complexity index is 1420. The van der Waals surface area contributed by atoms with E-state index in [-0.39, 0.29) is 23.7 Å². The highest BCUT2D eigenvalue weighted by molar-refractivity contribution is 7.92. The molecule has 3 aromatic rings. The number of sulfone groups is 1. The van der Waals surface area contributed by atoms with Crippen molar-refractivity contribution < 1.29 is 40.4 Å². The van der Waals surface area contributed by atoms with Crippen LogP contribution in [0.25, 0.3) is 0 Å². The predicted octanol–water partition coefficient (Wildman–Crippen LogP) is 3.58. The molecule has 1 unspecified atom stereocenters. The van der Waals surface area contributed by atoms with Crippen LogP contribution in [0.5, 0.6) is 0 Å². The molecule has 1 fully saturated rings. The molecule has 4 rings (SSSR count). The molecular formula is C22H17F3N4O6S. The van der Waals surface area contributed by atoms with Gasteiger partial charge in [-0.15, -0.1) is 0 Å². The van der Waals surface area contributed by atoms with Crippen molar-refractivity contribution in [1.29, 1.82) is 0 Å². The van der Waals surface area contributed by atoms with Gasteiger partial charge in [0.05, 0.1) is 35.3 Å². The van der Waals surface area contributed by atoms with Gasteiger partial charge in [-0.1, -0.05) is 0 Å². The topological polar surface area (TPSA) is 130 Å². The first-order chi connectivity index (χ1) is 16.9. The van der Waals surface area contributed by atoms with E-state index in [9.17, 15) is 36.0 Å². The zero-order chi connectivity index (χ0) is 26.3. The van der Waals surface area contributed by atoms with Gasteiger partial charge >= 0.3 is 11.5 Å². The van der Waals surface area contributed by atoms with E-state index in [4.69, 9.17) is 4.42 Å². The van der Waals surface area contributed by atoms with E-state index in [2.05, 4.69) is 10.3 Å². The SMILES string of the molecule is CC1C(=O)N(c2ccc(S(=O)(=O)C(F)(F)F)cc2)C(=O)N1Cc1ccncc1NC(=O)c1ccco1. The molecule has 1 N–H and O–H groups in total. The van der Waals surface area contributed by atoms with Crippen molar-refractivity contribution in [3.8, 4) is 0 Å². The molecule has 188 valence electrons. The number of rotatable bonds is 6. The molecule has 0 radical (unpaired) electrons. The summed E-state index contributed by atoms with van der Waals surface area (Å²) in [6.07, 6.45) is 4.12. The standard InChI is InChI=1S/C22H17F3N4O6S/c1-13-20(31)29(15-4-6-16(7-5-15)36(33,34)22(23,24)25)21(32)28(13)12-14-8-9-26-11-17(14)27-19(30)18-3-2-10-35-18/h2-11,13H,12H2,1H3,(H,27,30). The van der Waals surface area contributed by atoms with Gasteiger partial charge in [-0.05, 0) is 55.0 Å². The Morgan fingerprint density at radius 3 is 2.44 bits per heavy atom. The Hall–Kier alpha value is -4.20. The van der Waals surface area contributed by atoms with E-state index >= 15 is 0 Å². The first-order valence-corrected chi connectivity index (χ1v) is 11.7. The molecule has 4 amide bonds. The molecule has 0 saturated carbocycles. The van der Waals surface area contributed by atoms with Crippen LogP contribution in [-0.2, 0) is 21.2 Å². The van der Waals surface area contributed by atoms with E-state index in [0.717, 1.165) is 17.0 Å². The van der Waals surface area contributed by atoms with Crippen LogP contribution in [0.1, 0.15) is 23.0 Å². The maximum atomic E-state index is 13.1. The van der Waals surface area contributed by atoms with Crippen LogP contribution in [-0.4, -0.2) is 47.7 Å². The summed E-state index contributed by atoms with van der Waals surface area (Å²) < 4.78 is 66.6. The number of pyridine rings is 1. The summed E-state index contributed by atoms with van der Waals surface area (Å²) in [4.78, 5) is 43.2. The first-order valence-electron chi connectivity index (χ1n) is 10.3. The summed E-state index contributed by atoms with van der Waals surface area (Å²) in [6, 6.07) is 6.06. The fraction of sp³-hybridized carbons (Fsp3) is 0.182. The average Bonchev–Trinajstić information content (AvgIpc) is 3.44. The van der Waals surface area contributed by atoms with E-state index in [1.807, 2.05) is 0 Å². The minimum Gasteiger partial charge on any atom is -0.459 e. The second-order valence-electron chi connectivity index (χ2n) is 7.67. The van der Waals surface area contributed by atoms with Crippen LogP contribution in [0, 0.1) is 0 Å². The molecule has 1 aromatic carbocycles. The first kappa shape index (κ1) is 24.9. The molecule has 1 aliphatic heterocycles. The number of imide groups is 1. The number of carbonyl (C=O) groups is 3. The second-order valence-corrected chi connectivity index (χ2v) is 9.61. The minimum absolute atomic E-state index is 0.0488. The van der Waals surface area contributed by atoms with E-state index < -0.39 is 44.1 Å². The smallest absolute Gasteiger partial charge is 0.459 e. The predicted molar refractivity (Wildman–Crippen MR) is 118 cm³/mol. The Balaban J connectivity index is 1.56. The molecule has 10 nitrogen and oxygen atoms in total. The van der Waals surface area contributed by atoms with Crippen molar-refractivity contribution in [2.75, 3.05) is 10.2 Å². The van der Waals surface area contributed by atoms with Crippen LogP contribution >= 0.6 is 0 Å². The maximum absolute atomic E-state index is 13.1. The molecule has 0 bridgehead atoms.